The standard InChI is InChI=1S/C10H12F3N3S/c11-10(12,13)7-4-15-16(5-7)6-9(1-2-9)3-8(14)17/h4-5H,1-3,6H2,(H2,14,17). The van der Waals surface area contributed by atoms with Crippen LogP contribution in [-0.2, 0) is 12.7 Å². The zero-order chi connectivity index (χ0) is 12.7. The molecule has 1 aromatic rings. The Kier molecular flexibility index (Phi) is 2.89. The highest BCUT2D eigenvalue weighted by Gasteiger charge is 2.44. The van der Waals surface area contributed by atoms with Gasteiger partial charge in [0.1, 0.15) is 0 Å². The average Bonchev–Trinajstić information content (AvgIpc) is 2.73. The van der Waals surface area contributed by atoms with Gasteiger partial charge in [0.15, 0.2) is 0 Å². The number of aromatic nitrogens is 2. The smallest absolute Gasteiger partial charge is 0.393 e. The molecule has 2 N–H and O–H groups in total. The third-order valence-corrected chi connectivity index (χ3v) is 3.11. The lowest BCUT2D eigenvalue weighted by Crippen LogP contribution is -2.20. The lowest BCUT2D eigenvalue weighted by Gasteiger charge is -2.13. The van der Waals surface area contributed by atoms with Crippen molar-refractivity contribution in [1.82, 2.24) is 9.78 Å². The summed E-state index contributed by atoms with van der Waals surface area (Å²) < 4.78 is 38.4. The number of halogens is 3. The third-order valence-electron chi connectivity index (χ3n) is 2.96. The molecule has 0 bridgehead atoms. The summed E-state index contributed by atoms with van der Waals surface area (Å²) in [6, 6.07) is 0. The SMILES string of the molecule is NC(=S)CC1(Cn2cc(C(F)(F)F)cn2)CC1. The first-order chi connectivity index (χ1) is 7.81. The summed E-state index contributed by atoms with van der Waals surface area (Å²) in [6.45, 7) is 0.445. The molecular weight excluding hydrogens is 251 g/mol. The van der Waals surface area contributed by atoms with Crippen molar-refractivity contribution in [2.75, 3.05) is 0 Å². The molecule has 0 atom stereocenters. The molecule has 3 nitrogen and oxygen atoms in total. The maximum absolute atomic E-state index is 12.4. The van der Waals surface area contributed by atoms with Crippen LogP contribution in [-0.4, -0.2) is 14.8 Å². The van der Waals surface area contributed by atoms with Gasteiger partial charge in [-0.2, -0.15) is 18.3 Å². The Bertz CT molecular complexity index is 434. The van der Waals surface area contributed by atoms with E-state index in [9.17, 15) is 13.2 Å². The van der Waals surface area contributed by atoms with Crippen molar-refractivity contribution in [3.8, 4) is 0 Å². The predicted molar refractivity (Wildman–Crippen MR) is 60.3 cm³/mol. The Balaban J connectivity index is 2.05. The molecule has 1 heterocycles. The molecule has 94 valence electrons. The zero-order valence-corrected chi connectivity index (χ0v) is 9.81. The van der Waals surface area contributed by atoms with Crippen molar-refractivity contribution in [1.29, 1.82) is 0 Å². The molecule has 0 aliphatic heterocycles. The van der Waals surface area contributed by atoms with Crippen molar-refractivity contribution >= 4 is 17.2 Å². The summed E-state index contributed by atoms with van der Waals surface area (Å²) in [5, 5.41) is 3.73. The summed E-state index contributed by atoms with van der Waals surface area (Å²) in [5.74, 6) is 0. The van der Waals surface area contributed by atoms with E-state index in [-0.39, 0.29) is 5.41 Å². The number of alkyl halides is 3. The fraction of sp³-hybridized carbons (Fsp3) is 0.600. The molecule has 0 amide bonds. The molecule has 0 aromatic carbocycles. The van der Waals surface area contributed by atoms with Crippen LogP contribution < -0.4 is 5.73 Å². The van der Waals surface area contributed by atoms with Gasteiger partial charge in [-0.15, -0.1) is 0 Å². The molecule has 1 fully saturated rings. The Morgan fingerprint density at radius 3 is 2.59 bits per heavy atom. The number of thiocarbonyl (C=S) groups is 1. The van der Waals surface area contributed by atoms with Gasteiger partial charge in [-0.25, -0.2) is 0 Å². The summed E-state index contributed by atoms with van der Waals surface area (Å²) in [6.07, 6.45) is -0.0186. The minimum atomic E-state index is -4.34. The summed E-state index contributed by atoms with van der Waals surface area (Å²) in [7, 11) is 0. The van der Waals surface area contributed by atoms with Crippen molar-refractivity contribution in [3.63, 3.8) is 0 Å². The predicted octanol–water partition coefficient (Wildman–Crippen LogP) is 2.36. The number of nitrogens with two attached hydrogens (primary N) is 1. The van der Waals surface area contributed by atoms with E-state index in [1.165, 1.54) is 4.68 Å². The first-order valence-corrected chi connectivity index (χ1v) is 5.60. The highest BCUT2D eigenvalue weighted by atomic mass is 32.1. The van der Waals surface area contributed by atoms with E-state index in [0.29, 0.717) is 18.0 Å². The second-order valence-electron chi connectivity index (χ2n) is 4.57. The molecule has 1 saturated carbocycles. The van der Waals surface area contributed by atoms with Crippen molar-refractivity contribution in [3.05, 3.63) is 18.0 Å². The summed E-state index contributed by atoms with van der Waals surface area (Å²) in [5.41, 5.74) is 4.68. The average molecular weight is 263 g/mol. The normalized spacial score (nSPS) is 18.1. The fourth-order valence-electron chi connectivity index (χ4n) is 1.88. The molecule has 17 heavy (non-hydrogen) atoms. The summed E-state index contributed by atoms with van der Waals surface area (Å²) >= 11 is 4.83. The molecule has 0 spiro atoms. The van der Waals surface area contributed by atoms with Crippen LogP contribution in [0.1, 0.15) is 24.8 Å². The first kappa shape index (κ1) is 12.3. The lowest BCUT2D eigenvalue weighted by molar-refractivity contribution is -0.137. The number of nitrogens with zero attached hydrogens (tertiary/aromatic N) is 2. The zero-order valence-electron chi connectivity index (χ0n) is 9.00. The Morgan fingerprint density at radius 1 is 1.53 bits per heavy atom. The van der Waals surface area contributed by atoms with Crippen LogP contribution in [0.2, 0.25) is 0 Å². The monoisotopic (exact) mass is 263 g/mol. The van der Waals surface area contributed by atoms with Crippen molar-refractivity contribution in [2.45, 2.75) is 32.0 Å². The van der Waals surface area contributed by atoms with E-state index in [1.807, 2.05) is 0 Å². The Labute approximate surface area is 102 Å². The highest BCUT2D eigenvalue weighted by Crippen LogP contribution is 2.50. The van der Waals surface area contributed by atoms with Gasteiger partial charge in [0.2, 0.25) is 0 Å². The minimum Gasteiger partial charge on any atom is -0.393 e. The lowest BCUT2D eigenvalue weighted by atomic mass is 10.0. The van der Waals surface area contributed by atoms with Crippen molar-refractivity contribution < 1.29 is 13.2 Å². The van der Waals surface area contributed by atoms with Gasteiger partial charge in [0.05, 0.1) is 16.7 Å². The second kappa shape index (κ2) is 3.97. The van der Waals surface area contributed by atoms with E-state index in [2.05, 4.69) is 5.10 Å². The Morgan fingerprint density at radius 2 is 2.18 bits per heavy atom. The van der Waals surface area contributed by atoms with Crippen LogP contribution >= 0.6 is 12.2 Å². The van der Waals surface area contributed by atoms with E-state index in [1.54, 1.807) is 0 Å². The van der Waals surface area contributed by atoms with Crippen LogP contribution in [0.3, 0.4) is 0 Å². The topological polar surface area (TPSA) is 43.8 Å². The first-order valence-electron chi connectivity index (χ1n) is 5.19. The molecular formula is C10H12F3N3S. The van der Waals surface area contributed by atoms with Crippen LogP contribution in [0.4, 0.5) is 13.2 Å². The molecule has 2 rings (SSSR count). The number of hydrogen-bond donors (Lipinski definition) is 1. The number of rotatable bonds is 4. The highest BCUT2D eigenvalue weighted by molar-refractivity contribution is 7.80. The van der Waals surface area contributed by atoms with Crippen LogP contribution in [0.15, 0.2) is 12.4 Å². The van der Waals surface area contributed by atoms with Crippen LogP contribution in [0.25, 0.3) is 0 Å². The van der Waals surface area contributed by atoms with Gasteiger partial charge in [-0.05, 0) is 18.3 Å². The maximum Gasteiger partial charge on any atom is 0.419 e. The van der Waals surface area contributed by atoms with E-state index < -0.39 is 11.7 Å². The second-order valence-corrected chi connectivity index (χ2v) is 5.09. The molecule has 7 heteroatoms. The quantitative estimate of drug-likeness (QED) is 0.848. The molecule has 1 aromatic heterocycles. The Hall–Kier alpha value is -1.11. The maximum atomic E-state index is 12.4. The van der Waals surface area contributed by atoms with Gasteiger partial charge in [-0.3, -0.25) is 4.68 Å². The largest absolute Gasteiger partial charge is 0.419 e. The van der Waals surface area contributed by atoms with Gasteiger partial charge in [0.25, 0.3) is 0 Å². The number of hydrogen-bond acceptors (Lipinski definition) is 2. The minimum absolute atomic E-state index is 0.0687. The molecule has 1 aliphatic rings. The van der Waals surface area contributed by atoms with Crippen molar-refractivity contribution in [2.24, 2.45) is 11.1 Å². The van der Waals surface area contributed by atoms with Gasteiger partial charge < -0.3 is 5.73 Å². The van der Waals surface area contributed by atoms with Crippen LogP contribution in [0.5, 0.6) is 0 Å². The summed E-state index contributed by atoms with van der Waals surface area (Å²) in [4.78, 5) is 0.408. The molecule has 1 aliphatic carbocycles. The fourth-order valence-corrected chi connectivity index (χ4v) is 2.18. The molecule has 0 radical (unpaired) electrons. The van der Waals surface area contributed by atoms with E-state index in [0.717, 1.165) is 25.2 Å². The van der Waals surface area contributed by atoms with E-state index in [4.69, 9.17) is 18.0 Å². The van der Waals surface area contributed by atoms with Gasteiger partial charge in [-0.1, -0.05) is 12.2 Å². The van der Waals surface area contributed by atoms with Gasteiger partial charge >= 0.3 is 6.18 Å². The molecule has 0 saturated heterocycles. The van der Waals surface area contributed by atoms with Gasteiger partial charge in [0, 0.05) is 19.2 Å². The van der Waals surface area contributed by atoms with Crippen LogP contribution in [0, 0.1) is 5.41 Å². The third kappa shape index (κ3) is 2.96. The van der Waals surface area contributed by atoms with E-state index >= 15 is 0 Å². The molecule has 0 unspecified atom stereocenters.